The average molecular weight is 210 g/mol. The molecule has 0 saturated carbocycles. The molecule has 4 heteroatoms. The Morgan fingerprint density at radius 2 is 2.27 bits per heavy atom. The molecule has 82 valence electrons. The molecule has 1 aliphatic heterocycles. The van der Waals surface area contributed by atoms with Crippen molar-refractivity contribution >= 4 is 0 Å². The van der Waals surface area contributed by atoms with Crippen LogP contribution in [0.1, 0.15) is 31.9 Å². The standard InChI is InChI=1S/C11H15FN2O/c1-11(2)4-9(14-11)10(15)7-3-8(12)6-13-5-7/h3,5-6,9-10,14-15H,4H2,1-2H3/t9-,10+/m0/s1. The van der Waals surface area contributed by atoms with E-state index in [0.717, 1.165) is 12.6 Å². The van der Waals surface area contributed by atoms with Gasteiger partial charge in [0, 0.05) is 23.3 Å². The third-order valence-electron chi connectivity index (χ3n) is 2.76. The van der Waals surface area contributed by atoms with Crippen molar-refractivity contribution in [2.45, 2.75) is 38.0 Å². The number of aromatic nitrogens is 1. The van der Waals surface area contributed by atoms with Crippen LogP contribution in [0.3, 0.4) is 0 Å². The predicted molar refractivity (Wildman–Crippen MR) is 54.8 cm³/mol. The predicted octanol–water partition coefficient (Wildman–Crippen LogP) is 1.39. The molecule has 3 nitrogen and oxygen atoms in total. The van der Waals surface area contributed by atoms with Gasteiger partial charge < -0.3 is 10.4 Å². The number of nitrogens with one attached hydrogen (secondary N) is 1. The molecule has 1 aromatic heterocycles. The van der Waals surface area contributed by atoms with Crippen LogP contribution >= 0.6 is 0 Å². The zero-order chi connectivity index (χ0) is 11.1. The van der Waals surface area contributed by atoms with Crippen molar-refractivity contribution in [3.63, 3.8) is 0 Å². The van der Waals surface area contributed by atoms with Crippen LogP contribution in [0.5, 0.6) is 0 Å². The van der Waals surface area contributed by atoms with E-state index in [1.54, 1.807) is 0 Å². The van der Waals surface area contributed by atoms with E-state index in [2.05, 4.69) is 24.1 Å². The Morgan fingerprint density at radius 1 is 1.60 bits per heavy atom. The van der Waals surface area contributed by atoms with Gasteiger partial charge in [-0.05, 0) is 26.3 Å². The van der Waals surface area contributed by atoms with Crippen LogP contribution in [0.15, 0.2) is 18.5 Å². The first-order valence-electron chi connectivity index (χ1n) is 5.04. The van der Waals surface area contributed by atoms with Gasteiger partial charge in [0.1, 0.15) is 5.82 Å². The van der Waals surface area contributed by atoms with Crippen LogP contribution < -0.4 is 5.32 Å². The van der Waals surface area contributed by atoms with Gasteiger partial charge in [0.25, 0.3) is 0 Å². The molecule has 2 atom stereocenters. The maximum atomic E-state index is 12.9. The van der Waals surface area contributed by atoms with E-state index in [-0.39, 0.29) is 11.6 Å². The minimum Gasteiger partial charge on any atom is -0.387 e. The van der Waals surface area contributed by atoms with Crippen LogP contribution in [-0.4, -0.2) is 21.7 Å². The first kappa shape index (κ1) is 10.5. The van der Waals surface area contributed by atoms with Gasteiger partial charge in [0.2, 0.25) is 0 Å². The Bertz CT molecular complexity index is 359. The molecular formula is C11H15FN2O. The molecule has 0 radical (unpaired) electrons. The van der Waals surface area contributed by atoms with Crippen molar-refractivity contribution in [3.8, 4) is 0 Å². The molecule has 1 fully saturated rings. The Kier molecular flexibility index (Phi) is 2.48. The highest BCUT2D eigenvalue weighted by molar-refractivity contribution is 5.17. The van der Waals surface area contributed by atoms with E-state index < -0.39 is 11.9 Å². The molecule has 0 aliphatic carbocycles. The average Bonchev–Trinajstić information content (AvgIpc) is 2.13. The fourth-order valence-electron chi connectivity index (χ4n) is 2.04. The largest absolute Gasteiger partial charge is 0.387 e. The highest BCUT2D eigenvalue weighted by Gasteiger charge is 2.39. The van der Waals surface area contributed by atoms with E-state index in [0.29, 0.717) is 5.56 Å². The van der Waals surface area contributed by atoms with Crippen LogP contribution in [0.25, 0.3) is 0 Å². The van der Waals surface area contributed by atoms with Crippen LogP contribution in [0.2, 0.25) is 0 Å². The zero-order valence-corrected chi connectivity index (χ0v) is 8.87. The first-order valence-corrected chi connectivity index (χ1v) is 5.04. The van der Waals surface area contributed by atoms with Gasteiger partial charge in [0.15, 0.2) is 0 Å². The zero-order valence-electron chi connectivity index (χ0n) is 8.87. The van der Waals surface area contributed by atoms with Crippen molar-refractivity contribution in [1.29, 1.82) is 0 Å². The van der Waals surface area contributed by atoms with Crippen LogP contribution in [-0.2, 0) is 0 Å². The van der Waals surface area contributed by atoms with Gasteiger partial charge >= 0.3 is 0 Å². The summed E-state index contributed by atoms with van der Waals surface area (Å²) in [5, 5.41) is 13.2. The number of hydrogen-bond acceptors (Lipinski definition) is 3. The number of nitrogens with zero attached hydrogens (tertiary/aromatic N) is 1. The molecule has 2 rings (SSSR count). The highest BCUT2D eigenvalue weighted by atomic mass is 19.1. The first-order chi connectivity index (χ1) is 6.98. The minimum absolute atomic E-state index is 0.00333. The lowest BCUT2D eigenvalue weighted by Gasteiger charge is -2.46. The fraction of sp³-hybridized carbons (Fsp3) is 0.545. The number of hydrogen-bond donors (Lipinski definition) is 2. The lowest BCUT2D eigenvalue weighted by molar-refractivity contribution is 0.0386. The monoisotopic (exact) mass is 210 g/mol. The summed E-state index contributed by atoms with van der Waals surface area (Å²) in [6, 6.07) is 1.33. The second kappa shape index (κ2) is 3.54. The summed E-state index contributed by atoms with van der Waals surface area (Å²) < 4.78 is 12.9. The Morgan fingerprint density at radius 3 is 2.80 bits per heavy atom. The molecule has 0 bridgehead atoms. The molecule has 0 unspecified atom stereocenters. The summed E-state index contributed by atoms with van der Waals surface area (Å²) in [4.78, 5) is 3.72. The number of aliphatic hydroxyl groups excluding tert-OH is 1. The van der Waals surface area contributed by atoms with Crippen molar-refractivity contribution in [1.82, 2.24) is 10.3 Å². The Labute approximate surface area is 88.3 Å². The third kappa shape index (κ3) is 2.16. The quantitative estimate of drug-likeness (QED) is 0.775. The van der Waals surface area contributed by atoms with Gasteiger partial charge in [0.05, 0.1) is 12.3 Å². The van der Waals surface area contributed by atoms with Gasteiger partial charge in [-0.25, -0.2) is 4.39 Å². The van der Waals surface area contributed by atoms with E-state index in [4.69, 9.17) is 0 Å². The molecule has 1 aromatic rings. The fourth-order valence-corrected chi connectivity index (χ4v) is 2.04. The summed E-state index contributed by atoms with van der Waals surface area (Å²) >= 11 is 0. The van der Waals surface area contributed by atoms with E-state index >= 15 is 0 Å². The summed E-state index contributed by atoms with van der Waals surface area (Å²) in [7, 11) is 0. The summed E-state index contributed by atoms with van der Waals surface area (Å²) in [5.74, 6) is -0.412. The molecule has 1 saturated heterocycles. The molecule has 0 aromatic carbocycles. The second-order valence-corrected chi connectivity index (χ2v) is 4.72. The maximum absolute atomic E-state index is 12.9. The molecule has 2 N–H and O–H groups in total. The van der Waals surface area contributed by atoms with Crippen molar-refractivity contribution < 1.29 is 9.50 Å². The molecule has 15 heavy (non-hydrogen) atoms. The lowest BCUT2D eigenvalue weighted by atomic mass is 9.81. The maximum Gasteiger partial charge on any atom is 0.141 e. The number of halogens is 1. The third-order valence-corrected chi connectivity index (χ3v) is 2.76. The number of rotatable bonds is 2. The normalized spacial score (nSPS) is 25.7. The van der Waals surface area contributed by atoms with Crippen LogP contribution in [0, 0.1) is 5.82 Å². The van der Waals surface area contributed by atoms with E-state index in [9.17, 15) is 9.50 Å². The van der Waals surface area contributed by atoms with Gasteiger partial charge in [-0.3, -0.25) is 4.98 Å². The Balaban J connectivity index is 2.06. The molecule has 0 amide bonds. The lowest BCUT2D eigenvalue weighted by Crippen LogP contribution is -2.61. The van der Waals surface area contributed by atoms with Crippen LogP contribution in [0.4, 0.5) is 4.39 Å². The topological polar surface area (TPSA) is 45.2 Å². The van der Waals surface area contributed by atoms with Crippen molar-refractivity contribution in [2.75, 3.05) is 0 Å². The summed E-state index contributed by atoms with van der Waals surface area (Å²) in [6.07, 6.45) is 2.83. The van der Waals surface area contributed by atoms with Crippen molar-refractivity contribution in [2.24, 2.45) is 0 Å². The number of aliphatic hydroxyl groups is 1. The summed E-state index contributed by atoms with van der Waals surface area (Å²) in [6.45, 7) is 4.14. The summed E-state index contributed by atoms with van der Waals surface area (Å²) in [5.41, 5.74) is 0.606. The van der Waals surface area contributed by atoms with Crippen molar-refractivity contribution in [3.05, 3.63) is 29.8 Å². The second-order valence-electron chi connectivity index (χ2n) is 4.72. The molecule has 0 spiro atoms. The van der Waals surface area contributed by atoms with Gasteiger partial charge in [-0.1, -0.05) is 0 Å². The SMILES string of the molecule is CC1(C)C[C@@H]([C@H](O)c2cncc(F)c2)N1. The van der Waals surface area contributed by atoms with E-state index in [1.807, 2.05) is 0 Å². The van der Waals surface area contributed by atoms with Gasteiger partial charge in [-0.15, -0.1) is 0 Å². The number of pyridine rings is 1. The minimum atomic E-state index is -0.679. The molecular weight excluding hydrogens is 195 g/mol. The molecule has 1 aliphatic rings. The highest BCUT2D eigenvalue weighted by Crippen LogP contribution is 2.31. The smallest absolute Gasteiger partial charge is 0.141 e. The van der Waals surface area contributed by atoms with Gasteiger partial charge in [-0.2, -0.15) is 0 Å². The Hall–Kier alpha value is -1.00. The van der Waals surface area contributed by atoms with E-state index in [1.165, 1.54) is 12.3 Å². The molecule has 2 heterocycles.